The number of anilines is 1. The van der Waals surface area contributed by atoms with Crippen LogP contribution in [0.15, 0.2) is 48.5 Å². The summed E-state index contributed by atoms with van der Waals surface area (Å²) in [4.78, 5) is 0. The van der Waals surface area contributed by atoms with E-state index in [4.69, 9.17) is 5.73 Å². The maximum absolute atomic E-state index is 6.14. The van der Waals surface area contributed by atoms with E-state index in [1.54, 1.807) is 0 Å². The Balaban J connectivity index is 0.000000924. The Morgan fingerprint density at radius 1 is 1.04 bits per heavy atom. The maximum Gasteiger partial charge on any atom is 0.0389 e. The maximum atomic E-state index is 6.14. The van der Waals surface area contributed by atoms with Gasteiger partial charge in [-0.05, 0) is 41.3 Å². The molecule has 0 heterocycles. The van der Waals surface area contributed by atoms with Gasteiger partial charge in [-0.3, -0.25) is 0 Å². The predicted octanol–water partition coefficient (Wildman–Crippen LogP) is 5.29. The van der Waals surface area contributed by atoms with Gasteiger partial charge < -0.3 is 5.73 Å². The van der Waals surface area contributed by atoms with Crippen molar-refractivity contribution in [2.24, 2.45) is 5.92 Å². The van der Waals surface area contributed by atoms with Gasteiger partial charge in [0.15, 0.2) is 0 Å². The first-order chi connectivity index (χ1) is 11.1. The average Bonchev–Trinajstić information content (AvgIpc) is 3.42. The lowest BCUT2D eigenvalue weighted by atomic mass is 9.72. The fraction of sp³-hybridized carbons (Fsp3) is 0.429. The summed E-state index contributed by atoms with van der Waals surface area (Å²) >= 11 is 0. The number of nitrogen functional groups attached to an aromatic ring is 1. The van der Waals surface area contributed by atoms with Gasteiger partial charge in [-0.15, -0.1) is 9.24 Å². The van der Waals surface area contributed by atoms with Gasteiger partial charge in [-0.25, -0.2) is 0 Å². The van der Waals surface area contributed by atoms with E-state index >= 15 is 0 Å². The highest BCUT2D eigenvalue weighted by Crippen LogP contribution is 2.42. The van der Waals surface area contributed by atoms with Crippen LogP contribution in [0, 0.1) is 5.92 Å². The Kier molecular flexibility index (Phi) is 6.25. The number of rotatable bonds is 5. The minimum absolute atomic E-state index is 0.0519. The van der Waals surface area contributed by atoms with Crippen molar-refractivity contribution in [3.8, 4) is 0 Å². The van der Waals surface area contributed by atoms with Crippen molar-refractivity contribution in [1.29, 1.82) is 0 Å². The summed E-state index contributed by atoms with van der Waals surface area (Å²) in [6, 6.07) is 17.4. The van der Waals surface area contributed by atoms with Gasteiger partial charge in [0, 0.05) is 11.1 Å². The normalized spacial score (nSPS) is 16.2. The first-order valence-corrected chi connectivity index (χ1v) is 9.38. The Hall–Kier alpha value is -1.33. The van der Waals surface area contributed by atoms with Crippen molar-refractivity contribution in [2.75, 3.05) is 5.73 Å². The molecule has 1 saturated carbocycles. The zero-order chi connectivity index (χ0) is 16.9. The zero-order valence-corrected chi connectivity index (χ0v) is 15.8. The standard InChI is InChI=1S/C19H24NP.C2H6/c1-19(12-11-14-7-8-14,15-5-3-2-4-6-15)16-9-10-18(21)17(20)13-16;1-2/h2-6,9-10,13-14H,7-8,11-12,20-21H2,1H3;1-2H3. The monoisotopic (exact) mass is 327 g/mol. The van der Waals surface area contributed by atoms with Crippen LogP contribution >= 0.6 is 9.24 Å². The van der Waals surface area contributed by atoms with Crippen LogP contribution < -0.4 is 11.0 Å². The van der Waals surface area contributed by atoms with E-state index in [-0.39, 0.29) is 5.41 Å². The Labute approximate surface area is 143 Å². The molecule has 0 amide bonds. The molecule has 0 bridgehead atoms. The lowest BCUT2D eigenvalue weighted by Crippen LogP contribution is -2.24. The van der Waals surface area contributed by atoms with Gasteiger partial charge in [0.25, 0.3) is 0 Å². The second-order valence-electron chi connectivity index (χ2n) is 6.52. The van der Waals surface area contributed by atoms with E-state index in [9.17, 15) is 0 Å². The van der Waals surface area contributed by atoms with E-state index in [0.717, 1.165) is 16.9 Å². The SMILES string of the molecule is CC.CC(CCC1CC1)(c1ccccc1)c1ccc(P)c(N)c1. The summed E-state index contributed by atoms with van der Waals surface area (Å²) < 4.78 is 0. The van der Waals surface area contributed by atoms with Crippen molar-refractivity contribution in [1.82, 2.24) is 0 Å². The molecule has 124 valence electrons. The molecule has 0 saturated heterocycles. The lowest BCUT2D eigenvalue weighted by molar-refractivity contribution is 0.478. The molecule has 2 atom stereocenters. The fourth-order valence-corrected chi connectivity index (χ4v) is 3.26. The van der Waals surface area contributed by atoms with Crippen LogP contribution in [0.25, 0.3) is 0 Å². The summed E-state index contributed by atoms with van der Waals surface area (Å²) in [5, 5.41) is 1.08. The molecule has 1 aliphatic carbocycles. The highest BCUT2D eigenvalue weighted by molar-refractivity contribution is 7.28. The predicted molar refractivity (Wildman–Crippen MR) is 106 cm³/mol. The molecule has 1 fully saturated rings. The number of hydrogen-bond donors (Lipinski definition) is 1. The van der Waals surface area contributed by atoms with E-state index in [1.807, 2.05) is 13.8 Å². The summed E-state index contributed by atoms with van der Waals surface area (Å²) in [6.07, 6.45) is 5.33. The highest BCUT2D eigenvalue weighted by Gasteiger charge is 2.32. The largest absolute Gasteiger partial charge is 0.398 e. The average molecular weight is 327 g/mol. The van der Waals surface area contributed by atoms with Gasteiger partial charge in [0.05, 0.1) is 0 Å². The third-order valence-corrected chi connectivity index (χ3v) is 5.41. The molecule has 2 N–H and O–H groups in total. The number of nitrogens with two attached hydrogens (primary N) is 1. The minimum atomic E-state index is 0.0519. The van der Waals surface area contributed by atoms with Crippen molar-refractivity contribution >= 4 is 20.2 Å². The highest BCUT2D eigenvalue weighted by atomic mass is 31.0. The molecule has 1 nitrogen and oxygen atoms in total. The first kappa shape index (κ1) is 18.0. The molecular formula is C21H30NP. The third-order valence-electron chi connectivity index (χ3n) is 4.88. The van der Waals surface area contributed by atoms with Crippen LogP contribution in [0.1, 0.15) is 57.6 Å². The van der Waals surface area contributed by atoms with Crippen LogP contribution in [0.5, 0.6) is 0 Å². The molecule has 2 unspecified atom stereocenters. The molecule has 2 aromatic carbocycles. The lowest BCUT2D eigenvalue weighted by Gasteiger charge is -2.32. The zero-order valence-electron chi connectivity index (χ0n) is 14.7. The quantitative estimate of drug-likeness (QED) is 0.586. The Bertz CT molecular complexity index is 619. The summed E-state index contributed by atoms with van der Waals surface area (Å²) in [5.74, 6) is 0.950. The van der Waals surface area contributed by atoms with E-state index in [0.29, 0.717) is 0 Å². The minimum Gasteiger partial charge on any atom is -0.398 e. The summed E-state index contributed by atoms with van der Waals surface area (Å²) in [7, 11) is 2.71. The van der Waals surface area contributed by atoms with Crippen LogP contribution in [-0.2, 0) is 5.41 Å². The third kappa shape index (κ3) is 4.36. The molecule has 2 aromatic rings. The molecule has 0 aliphatic heterocycles. The van der Waals surface area contributed by atoms with Crippen molar-refractivity contribution in [3.63, 3.8) is 0 Å². The van der Waals surface area contributed by atoms with Gasteiger partial charge >= 0.3 is 0 Å². The van der Waals surface area contributed by atoms with Gasteiger partial charge in [-0.2, -0.15) is 0 Å². The van der Waals surface area contributed by atoms with Crippen LogP contribution in [-0.4, -0.2) is 0 Å². The van der Waals surface area contributed by atoms with Crippen LogP contribution in [0.4, 0.5) is 5.69 Å². The van der Waals surface area contributed by atoms with Crippen LogP contribution in [0.2, 0.25) is 0 Å². The van der Waals surface area contributed by atoms with Gasteiger partial charge in [-0.1, -0.05) is 76.1 Å². The molecule has 0 radical (unpaired) electrons. The number of benzene rings is 2. The molecular weight excluding hydrogens is 297 g/mol. The van der Waals surface area contributed by atoms with Gasteiger partial charge in [0.1, 0.15) is 0 Å². The molecule has 23 heavy (non-hydrogen) atoms. The molecule has 1 aliphatic rings. The fourth-order valence-electron chi connectivity index (χ4n) is 3.08. The Morgan fingerprint density at radius 3 is 2.26 bits per heavy atom. The second-order valence-corrected chi connectivity index (χ2v) is 7.15. The van der Waals surface area contributed by atoms with Gasteiger partial charge in [0.2, 0.25) is 0 Å². The molecule has 0 spiro atoms. The number of hydrogen-bond acceptors (Lipinski definition) is 1. The second kappa shape index (κ2) is 7.97. The summed E-state index contributed by atoms with van der Waals surface area (Å²) in [5.41, 5.74) is 9.78. The van der Waals surface area contributed by atoms with Crippen molar-refractivity contribution in [2.45, 2.75) is 51.9 Å². The van der Waals surface area contributed by atoms with Crippen molar-refractivity contribution in [3.05, 3.63) is 59.7 Å². The van der Waals surface area contributed by atoms with Crippen molar-refractivity contribution < 1.29 is 0 Å². The Morgan fingerprint density at radius 2 is 1.70 bits per heavy atom. The van der Waals surface area contributed by atoms with E-state index in [2.05, 4.69) is 64.7 Å². The topological polar surface area (TPSA) is 26.0 Å². The van der Waals surface area contributed by atoms with E-state index in [1.165, 1.54) is 36.8 Å². The van der Waals surface area contributed by atoms with E-state index < -0.39 is 0 Å². The molecule has 2 heteroatoms. The molecule has 0 aromatic heterocycles. The summed E-state index contributed by atoms with van der Waals surface area (Å²) in [6.45, 7) is 6.36. The molecule has 3 rings (SSSR count). The van der Waals surface area contributed by atoms with Crippen LogP contribution in [0.3, 0.4) is 0 Å². The smallest absolute Gasteiger partial charge is 0.0389 e. The first-order valence-electron chi connectivity index (χ1n) is 8.80.